The summed E-state index contributed by atoms with van der Waals surface area (Å²) in [5, 5.41) is 0. The molecule has 28 heavy (non-hydrogen) atoms. The van der Waals surface area contributed by atoms with Gasteiger partial charge >= 0.3 is 176 Å². The maximum atomic E-state index is 12.7. The number of halogens is 5. The van der Waals surface area contributed by atoms with Crippen LogP contribution in [0.15, 0.2) is 64.4 Å². The van der Waals surface area contributed by atoms with Crippen molar-refractivity contribution >= 4 is 36.3 Å². The van der Waals surface area contributed by atoms with Gasteiger partial charge in [0.25, 0.3) is 0 Å². The van der Waals surface area contributed by atoms with Crippen molar-refractivity contribution in [2.24, 2.45) is 0 Å². The first-order valence-electron chi connectivity index (χ1n) is 8.45. The third-order valence-electron chi connectivity index (χ3n) is 3.49. The van der Waals surface area contributed by atoms with Crippen LogP contribution in [-0.2, 0) is 15.7 Å². The van der Waals surface area contributed by atoms with Crippen molar-refractivity contribution in [1.29, 1.82) is 0 Å². The van der Waals surface area contributed by atoms with Gasteiger partial charge in [-0.2, -0.15) is 0 Å². The van der Waals surface area contributed by atoms with Crippen molar-refractivity contribution in [3.8, 4) is 5.75 Å². The summed E-state index contributed by atoms with van der Waals surface area (Å²) in [7, 11) is 0. The summed E-state index contributed by atoms with van der Waals surface area (Å²) >= 11 is 1.67. The van der Waals surface area contributed by atoms with Crippen LogP contribution in [0.4, 0.5) is 13.2 Å². The van der Waals surface area contributed by atoms with Gasteiger partial charge in [0.2, 0.25) is 0 Å². The van der Waals surface area contributed by atoms with E-state index < -0.39 is 35.3 Å². The van der Waals surface area contributed by atoms with Gasteiger partial charge in [-0.15, -0.1) is 0 Å². The Kier molecular flexibility index (Phi) is 8.81. The number of unbranched alkanes of at least 4 members (excludes halogenated alkanes) is 1. The van der Waals surface area contributed by atoms with E-state index in [9.17, 15) is 18.0 Å². The van der Waals surface area contributed by atoms with E-state index in [4.69, 9.17) is 9.47 Å². The van der Waals surface area contributed by atoms with Gasteiger partial charge in [0.15, 0.2) is 0 Å². The molecule has 0 aliphatic carbocycles. The maximum absolute atomic E-state index is 12.7. The summed E-state index contributed by atoms with van der Waals surface area (Å²) in [6.45, 7) is 2.36. The molecule has 0 aliphatic heterocycles. The Labute approximate surface area is 175 Å². The molecule has 0 aromatic heterocycles. The average Bonchev–Trinajstić information content (AvgIpc) is 2.67. The molecule has 152 valence electrons. The number of hydrogen-bond donors (Lipinski definition) is 0. The molecule has 2 aromatic rings. The average molecular weight is 571 g/mol. The molecule has 2 aromatic carbocycles. The number of carbonyl (C=O) groups is 1. The Bertz CT molecular complexity index is 793. The fourth-order valence-electron chi connectivity index (χ4n) is 2.02. The third-order valence-corrected chi connectivity index (χ3v) is 9.99. The first-order valence-corrected chi connectivity index (χ1v) is 15.6. The van der Waals surface area contributed by atoms with Crippen molar-refractivity contribution in [2.45, 2.75) is 25.9 Å². The minimum atomic E-state index is -4.44. The molecular formula is C20H19BrF3IO3. The Hall–Kier alpha value is -1.55. The van der Waals surface area contributed by atoms with E-state index in [-0.39, 0.29) is 11.5 Å². The van der Waals surface area contributed by atoms with Gasteiger partial charge < -0.3 is 0 Å². The predicted molar refractivity (Wildman–Crippen MR) is 114 cm³/mol. The molecule has 8 heteroatoms. The first-order chi connectivity index (χ1) is 13.3. The van der Waals surface area contributed by atoms with Crippen molar-refractivity contribution in [2.75, 3.05) is 6.61 Å². The molecule has 0 heterocycles. The van der Waals surface area contributed by atoms with Gasteiger partial charge in [-0.25, -0.2) is 0 Å². The summed E-state index contributed by atoms with van der Waals surface area (Å²) in [5.41, 5.74) is -0.805. The normalized spacial score (nSPS) is 12.5. The molecule has 2 rings (SSSR count). The molecule has 0 amide bonds. The molecular weight excluding hydrogens is 552 g/mol. The van der Waals surface area contributed by atoms with Crippen molar-refractivity contribution in [1.82, 2.24) is 0 Å². The Morgan fingerprint density at radius 1 is 1.11 bits per heavy atom. The molecule has 0 radical (unpaired) electrons. The Balaban J connectivity index is 2.15. The van der Waals surface area contributed by atoms with E-state index >= 15 is 0 Å². The molecule has 0 unspecified atom stereocenters. The van der Waals surface area contributed by atoms with E-state index in [1.165, 1.54) is 0 Å². The quantitative estimate of drug-likeness (QED) is 0.0860. The van der Waals surface area contributed by atoms with Crippen LogP contribution in [0, 0.1) is 3.57 Å². The van der Waals surface area contributed by atoms with Crippen LogP contribution in [0.25, 0.3) is 0 Å². The molecule has 3 nitrogen and oxygen atoms in total. The minimum absolute atomic E-state index is 0.0256. The number of esters is 1. The van der Waals surface area contributed by atoms with E-state index in [0.29, 0.717) is 6.61 Å². The molecule has 0 saturated heterocycles. The topological polar surface area (TPSA) is 35.5 Å². The van der Waals surface area contributed by atoms with Gasteiger partial charge in [0.05, 0.1) is 0 Å². The molecule has 0 bridgehead atoms. The van der Waals surface area contributed by atoms with Crippen LogP contribution in [-0.4, -0.2) is 12.6 Å². The first kappa shape index (κ1) is 22.7. The van der Waals surface area contributed by atoms with Gasteiger partial charge in [-0.1, -0.05) is 0 Å². The number of carbonyl (C=O) groups excluding carboxylic acids is 1. The zero-order valence-electron chi connectivity index (χ0n) is 15.0. The number of benzene rings is 2. The van der Waals surface area contributed by atoms with Crippen LogP contribution >= 0.6 is 30.3 Å². The monoisotopic (exact) mass is 570 g/mol. The fourth-order valence-corrected chi connectivity index (χ4v) is 6.80. The molecule has 0 atom stereocenters. The molecule has 0 spiro atoms. The van der Waals surface area contributed by atoms with Gasteiger partial charge in [0.1, 0.15) is 0 Å². The van der Waals surface area contributed by atoms with Crippen molar-refractivity contribution in [3.63, 3.8) is 0 Å². The number of rotatable bonds is 8. The van der Waals surface area contributed by atoms with Crippen molar-refractivity contribution < 1.29 is 27.4 Å². The van der Waals surface area contributed by atoms with E-state index in [2.05, 4.69) is 12.7 Å². The standard InChI is InChI=1S/C20H19BrF3IO3/c1-2-3-13-27-18(14-25(21)16-7-5-4-6-8-16)19(26)28-17-11-9-15(10-12-17)20(22,23)24/h4-12,14H,2-3,13H2,1H3/b18-14+. The molecule has 0 N–H and O–H groups in total. The van der Waals surface area contributed by atoms with Crippen LogP contribution in [0.3, 0.4) is 0 Å². The zero-order chi connectivity index (χ0) is 20.6. The number of hydrogen-bond acceptors (Lipinski definition) is 3. The Morgan fingerprint density at radius 2 is 1.75 bits per heavy atom. The summed E-state index contributed by atoms with van der Waals surface area (Å²) in [5.74, 6) is -0.634. The molecule has 0 aliphatic rings. The predicted octanol–water partition coefficient (Wildman–Crippen LogP) is 6.96. The van der Waals surface area contributed by atoms with Crippen LogP contribution in [0.1, 0.15) is 25.3 Å². The van der Waals surface area contributed by atoms with Crippen LogP contribution < -0.4 is 4.74 Å². The van der Waals surface area contributed by atoms with E-state index in [0.717, 1.165) is 40.7 Å². The van der Waals surface area contributed by atoms with Gasteiger partial charge in [-0.05, 0) is 0 Å². The summed E-state index contributed by atoms with van der Waals surface area (Å²) < 4.78 is 51.6. The zero-order valence-corrected chi connectivity index (χ0v) is 18.8. The fraction of sp³-hybridized carbons (Fsp3) is 0.250. The summed E-state index contributed by atoms with van der Waals surface area (Å²) in [4.78, 5) is 12.5. The Morgan fingerprint density at radius 3 is 2.32 bits per heavy atom. The SMILES string of the molecule is CCCCO/C(=C/I(Br)c1ccccc1)C(=O)Oc1ccc(C(F)(F)F)cc1. The second kappa shape index (κ2) is 10.8. The van der Waals surface area contributed by atoms with Crippen LogP contribution in [0.5, 0.6) is 5.75 Å². The molecule has 0 fully saturated rings. The van der Waals surface area contributed by atoms with Gasteiger partial charge in [0, 0.05) is 0 Å². The second-order valence-corrected chi connectivity index (χ2v) is 13.3. The molecule has 0 saturated carbocycles. The van der Waals surface area contributed by atoms with E-state index in [1.54, 1.807) is 4.08 Å². The summed E-state index contributed by atoms with van der Waals surface area (Å²) in [6, 6.07) is 13.6. The number of ether oxygens (including phenoxy) is 2. The van der Waals surface area contributed by atoms with Gasteiger partial charge in [-0.3, -0.25) is 0 Å². The number of alkyl halides is 3. The van der Waals surface area contributed by atoms with Crippen LogP contribution in [0.2, 0.25) is 0 Å². The van der Waals surface area contributed by atoms with Crippen molar-refractivity contribution in [3.05, 3.63) is 73.6 Å². The third kappa shape index (κ3) is 7.12. The van der Waals surface area contributed by atoms with E-state index in [1.807, 2.05) is 37.3 Å². The second-order valence-electron chi connectivity index (χ2n) is 5.65. The summed E-state index contributed by atoms with van der Waals surface area (Å²) in [6.07, 6.45) is -2.77.